The fraction of sp³-hybridized carbons (Fsp3) is 0.231. The summed E-state index contributed by atoms with van der Waals surface area (Å²) in [5, 5.41) is 14.3. The van der Waals surface area contributed by atoms with Crippen molar-refractivity contribution in [2.75, 3.05) is 26.1 Å². The average Bonchev–Trinajstić information content (AvgIpc) is 3.76. The van der Waals surface area contributed by atoms with E-state index in [1.807, 2.05) is 89.5 Å². The maximum Gasteiger partial charge on any atom is 0.256 e. The second kappa shape index (κ2) is 13.9. The quantitative estimate of drug-likeness (QED) is 0.154. The van der Waals surface area contributed by atoms with Crippen molar-refractivity contribution in [3.8, 4) is 11.5 Å². The molecule has 1 saturated carbocycles. The molecule has 7 rings (SSSR count). The predicted molar refractivity (Wildman–Crippen MR) is 186 cm³/mol. The molecule has 4 aromatic carbocycles. The maximum atomic E-state index is 12.9. The van der Waals surface area contributed by atoms with Gasteiger partial charge in [0.1, 0.15) is 23.4 Å². The Hall–Kier alpha value is -5.58. The normalized spacial score (nSPS) is 17.6. The Balaban J connectivity index is 1.25. The number of anilines is 1. The number of carbonyl (C=O) groups excluding carboxylic acids is 1. The summed E-state index contributed by atoms with van der Waals surface area (Å²) < 4.78 is 20.1. The first kappa shape index (κ1) is 32.0. The smallest absolute Gasteiger partial charge is 0.256 e. The zero-order valence-corrected chi connectivity index (χ0v) is 27.3. The number of methoxy groups -OCH3 is 2. The average molecular weight is 656 g/mol. The van der Waals surface area contributed by atoms with Crippen molar-refractivity contribution < 1.29 is 24.1 Å². The minimum Gasteiger partial charge on any atom is -0.497 e. The second-order valence-electron chi connectivity index (χ2n) is 12.1. The van der Waals surface area contributed by atoms with Crippen LogP contribution in [-0.4, -0.2) is 57.5 Å². The number of imidazole rings is 1. The van der Waals surface area contributed by atoms with Crippen LogP contribution in [0.4, 0.5) is 5.82 Å². The van der Waals surface area contributed by atoms with Crippen LogP contribution in [0.15, 0.2) is 122 Å². The van der Waals surface area contributed by atoms with E-state index >= 15 is 0 Å². The number of nitrogens with zero attached hydrogens (tertiary/aromatic N) is 4. The molecule has 0 aliphatic heterocycles. The predicted octanol–water partition coefficient (Wildman–Crippen LogP) is 6.42. The molecule has 10 nitrogen and oxygen atoms in total. The van der Waals surface area contributed by atoms with E-state index in [2.05, 4.69) is 32.4 Å². The highest BCUT2D eigenvalue weighted by atomic mass is 16.5. The van der Waals surface area contributed by atoms with Gasteiger partial charge in [0.15, 0.2) is 17.0 Å². The summed E-state index contributed by atoms with van der Waals surface area (Å²) in [5.74, 6) is 1.22. The van der Waals surface area contributed by atoms with Crippen molar-refractivity contribution in [2.45, 2.75) is 30.6 Å². The Labute approximate surface area is 284 Å². The van der Waals surface area contributed by atoms with Crippen molar-refractivity contribution >= 4 is 22.9 Å². The van der Waals surface area contributed by atoms with E-state index < -0.39 is 11.7 Å². The van der Waals surface area contributed by atoms with E-state index in [4.69, 9.17) is 14.2 Å². The largest absolute Gasteiger partial charge is 0.497 e. The number of rotatable bonds is 11. The summed E-state index contributed by atoms with van der Waals surface area (Å²) in [4.78, 5) is 26.5. The third kappa shape index (κ3) is 6.12. The molecule has 1 aliphatic rings. The van der Waals surface area contributed by atoms with Crippen molar-refractivity contribution in [3.05, 3.63) is 144 Å². The molecule has 2 N–H and O–H groups in total. The molecule has 0 unspecified atom stereocenters. The number of fused-ring (bicyclic) bond motifs is 1. The number of aliphatic hydroxyl groups is 1. The van der Waals surface area contributed by atoms with Crippen molar-refractivity contribution in [3.63, 3.8) is 0 Å². The van der Waals surface area contributed by atoms with E-state index in [9.17, 15) is 9.90 Å². The molecule has 0 spiro atoms. The first-order valence-electron chi connectivity index (χ1n) is 16.2. The minimum atomic E-state index is -1.03. The van der Waals surface area contributed by atoms with Crippen LogP contribution in [0.3, 0.4) is 0 Å². The lowest BCUT2D eigenvalue weighted by molar-refractivity contribution is -0.0375. The van der Waals surface area contributed by atoms with Gasteiger partial charge in [0.25, 0.3) is 5.91 Å². The molecule has 10 heteroatoms. The highest BCUT2D eigenvalue weighted by Gasteiger charge is 2.43. The van der Waals surface area contributed by atoms with Gasteiger partial charge in [-0.15, -0.1) is 0 Å². The van der Waals surface area contributed by atoms with Crippen LogP contribution in [-0.2, 0) is 10.3 Å². The van der Waals surface area contributed by atoms with Crippen molar-refractivity contribution in [2.24, 2.45) is 5.92 Å². The topological polar surface area (TPSA) is 121 Å². The van der Waals surface area contributed by atoms with Crippen LogP contribution in [0.2, 0.25) is 0 Å². The number of aliphatic hydroxyl groups excluding tert-OH is 1. The third-order valence-corrected chi connectivity index (χ3v) is 9.40. The summed E-state index contributed by atoms with van der Waals surface area (Å²) in [6.45, 7) is 0.223. The zero-order chi connectivity index (χ0) is 33.8. The molecule has 1 fully saturated rings. The highest BCUT2D eigenvalue weighted by molar-refractivity contribution is 6.06. The molecule has 2 heterocycles. The molecular formula is C39H37N5O5. The molecule has 0 radical (unpaired) electrons. The lowest BCUT2D eigenvalue weighted by Gasteiger charge is -2.38. The number of hydrogen-bond donors (Lipinski definition) is 2. The number of aromatic nitrogens is 4. The van der Waals surface area contributed by atoms with Gasteiger partial charge in [-0.2, -0.15) is 0 Å². The maximum absolute atomic E-state index is 12.9. The zero-order valence-electron chi connectivity index (χ0n) is 27.3. The number of ether oxygens (including phenoxy) is 3. The standard InChI is InChI=1S/C39H37N5O5/c1-47-30-17-13-28(14-18-30)39(27-11-7-4-8-12-27,29-15-19-31(48-2)20-16-29)49-23-32-33(21-22-34(32)45)44-25-42-35-36(40-24-41-37(35)44)43-38(46)26-9-5-3-6-10-26/h3-20,24-25,32-34,45H,21-23H2,1-2H3,(H,40,41,43,46)/t32-,33-,34-/m0/s1. The molecular weight excluding hydrogens is 618 g/mol. The molecule has 0 saturated heterocycles. The summed E-state index contributed by atoms with van der Waals surface area (Å²) >= 11 is 0. The van der Waals surface area contributed by atoms with Crippen molar-refractivity contribution in [1.29, 1.82) is 0 Å². The van der Waals surface area contributed by atoms with Gasteiger partial charge in [-0.05, 0) is 65.9 Å². The number of nitrogens with one attached hydrogen (secondary N) is 1. The molecule has 6 aromatic rings. The van der Waals surface area contributed by atoms with E-state index in [1.54, 1.807) is 32.7 Å². The Morgan fingerprint density at radius 2 is 1.39 bits per heavy atom. The van der Waals surface area contributed by atoms with Crippen LogP contribution >= 0.6 is 0 Å². The van der Waals surface area contributed by atoms with Gasteiger partial charge in [0, 0.05) is 17.5 Å². The van der Waals surface area contributed by atoms with Gasteiger partial charge < -0.3 is 29.2 Å². The molecule has 248 valence electrons. The van der Waals surface area contributed by atoms with Gasteiger partial charge in [-0.1, -0.05) is 72.8 Å². The van der Waals surface area contributed by atoms with Crippen LogP contribution in [0.5, 0.6) is 11.5 Å². The number of amides is 1. The monoisotopic (exact) mass is 655 g/mol. The van der Waals surface area contributed by atoms with E-state index in [0.29, 0.717) is 35.4 Å². The summed E-state index contributed by atoms with van der Waals surface area (Å²) in [7, 11) is 3.29. The third-order valence-electron chi connectivity index (χ3n) is 9.40. The molecule has 1 aliphatic carbocycles. The Bertz CT molecular complexity index is 1970. The Kier molecular flexibility index (Phi) is 9.06. The second-order valence-corrected chi connectivity index (χ2v) is 12.1. The summed E-state index contributed by atoms with van der Waals surface area (Å²) in [6.07, 6.45) is 3.79. The van der Waals surface area contributed by atoms with E-state index in [-0.39, 0.29) is 24.5 Å². The molecule has 0 bridgehead atoms. The van der Waals surface area contributed by atoms with Crippen LogP contribution < -0.4 is 14.8 Å². The molecule has 49 heavy (non-hydrogen) atoms. The lowest BCUT2D eigenvalue weighted by Crippen LogP contribution is -2.37. The Morgan fingerprint density at radius 1 is 0.796 bits per heavy atom. The minimum absolute atomic E-state index is 0.173. The highest BCUT2D eigenvalue weighted by Crippen LogP contribution is 2.45. The molecule has 1 amide bonds. The first-order valence-corrected chi connectivity index (χ1v) is 16.2. The van der Waals surface area contributed by atoms with Crippen LogP contribution in [0, 0.1) is 5.92 Å². The fourth-order valence-corrected chi connectivity index (χ4v) is 6.84. The van der Waals surface area contributed by atoms with Crippen LogP contribution in [0.1, 0.15) is 45.9 Å². The first-order chi connectivity index (χ1) is 24.0. The SMILES string of the molecule is COc1ccc(C(OC[C@@H]2[C@@H](O)CC[C@@H]2n2cnc3c(NC(=O)c4ccccc4)ncnc32)(c2ccccc2)c2ccc(OC)cc2)cc1. The van der Waals surface area contributed by atoms with E-state index in [0.717, 1.165) is 28.2 Å². The summed E-state index contributed by atoms with van der Waals surface area (Å²) in [5.41, 5.74) is 3.29. The van der Waals surface area contributed by atoms with Crippen molar-refractivity contribution in [1.82, 2.24) is 19.5 Å². The lowest BCUT2D eigenvalue weighted by atomic mass is 9.79. The fourth-order valence-electron chi connectivity index (χ4n) is 6.84. The molecule has 3 atom stereocenters. The summed E-state index contributed by atoms with van der Waals surface area (Å²) in [6, 6.07) is 34.7. The van der Waals surface area contributed by atoms with Crippen LogP contribution in [0.25, 0.3) is 11.2 Å². The van der Waals surface area contributed by atoms with E-state index in [1.165, 1.54) is 6.33 Å². The van der Waals surface area contributed by atoms with Gasteiger partial charge in [-0.3, -0.25) is 4.79 Å². The van der Waals surface area contributed by atoms with Gasteiger partial charge in [0.2, 0.25) is 0 Å². The molecule has 2 aromatic heterocycles. The van der Waals surface area contributed by atoms with Gasteiger partial charge >= 0.3 is 0 Å². The number of hydrogen-bond acceptors (Lipinski definition) is 8. The number of carbonyl (C=O) groups is 1. The Morgan fingerprint density at radius 3 is 2.00 bits per heavy atom. The van der Waals surface area contributed by atoms with Gasteiger partial charge in [-0.25, -0.2) is 15.0 Å². The number of benzene rings is 4. The van der Waals surface area contributed by atoms with Gasteiger partial charge in [0.05, 0.1) is 33.3 Å².